The molecule has 1 amide bonds. The lowest BCUT2D eigenvalue weighted by Gasteiger charge is -2.22. The van der Waals surface area contributed by atoms with Gasteiger partial charge < -0.3 is 15.5 Å². The van der Waals surface area contributed by atoms with E-state index < -0.39 is 12.7 Å². The fourth-order valence-electron chi connectivity index (χ4n) is 3.23. The second-order valence-electron chi connectivity index (χ2n) is 7.06. The molecule has 0 aromatic carbocycles. The lowest BCUT2D eigenvalue weighted by Crippen LogP contribution is -2.48. The first-order chi connectivity index (χ1) is 11.7. The fraction of sp³-hybridized carbons (Fsp3) is 0.875. The molecule has 1 saturated heterocycles. The van der Waals surface area contributed by atoms with Crippen LogP contribution in [0.5, 0.6) is 0 Å². The Morgan fingerprint density at radius 1 is 1.15 bits per heavy atom. The van der Waals surface area contributed by atoms with Gasteiger partial charge in [0.2, 0.25) is 5.91 Å². The Morgan fingerprint density at radius 2 is 1.77 bits per heavy atom. The van der Waals surface area contributed by atoms with Crippen LogP contribution in [-0.4, -0.2) is 80.2 Å². The Morgan fingerprint density at radius 3 is 2.35 bits per heavy atom. The van der Waals surface area contributed by atoms with E-state index in [9.17, 15) is 18.0 Å². The first-order valence-electron chi connectivity index (χ1n) is 8.80. The van der Waals surface area contributed by atoms with Gasteiger partial charge in [-0.3, -0.25) is 9.69 Å². The van der Waals surface area contributed by atoms with Crippen LogP contribution in [0.25, 0.3) is 0 Å². The lowest BCUT2D eigenvalue weighted by molar-refractivity contribution is -0.143. The molecule has 1 heterocycles. The summed E-state index contributed by atoms with van der Waals surface area (Å²) in [5, 5.41) is 6.54. The minimum atomic E-state index is -4.17. The van der Waals surface area contributed by atoms with Crippen LogP contribution in [0.1, 0.15) is 32.1 Å². The van der Waals surface area contributed by atoms with Crippen molar-refractivity contribution in [2.24, 2.45) is 4.99 Å². The molecule has 0 bridgehead atoms. The van der Waals surface area contributed by atoms with Crippen molar-refractivity contribution in [1.82, 2.24) is 20.4 Å². The summed E-state index contributed by atoms with van der Waals surface area (Å²) in [6.45, 7) is -0.127. The molecule has 1 aliphatic carbocycles. The van der Waals surface area contributed by atoms with Gasteiger partial charge in [-0.2, -0.15) is 13.2 Å². The van der Waals surface area contributed by atoms with E-state index in [1.165, 1.54) is 9.80 Å². The minimum absolute atomic E-state index is 0. The number of guanidine groups is 1. The highest BCUT2D eigenvalue weighted by molar-refractivity contribution is 14.0. The maximum absolute atomic E-state index is 12.5. The lowest BCUT2D eigenvalue weighted by atomic mass is 10.2. The molecule has 1 aliphatic heterocycles. The zero-order valence-corrected chi connectivity index (χ0v) is 17.6. The van der Waals surface area contributed by atoms with Gasteiger partial charge in [0, 0.05) is 39.3 Å². The van der Waals surface area contributed by atoms with Gasteiger partial charge in [-0.15, -0.1) is 24.0 Å². The van der Waals surface area contributed by atoms with Gasteiger partial charge in [-0.1, -0.05) is 12.8 Å². The van der Waals surface area contributed by atoms with Gasteiger partial charge in [0.15, 0.2) is 5.96 Å². The largest absolute Gasteiger partial charge is 0.401 e. The Hall–Kier alpha value is -0.780. The first-order valence-corrected chi connectivity index (χ1v) is 8.80. The molecule has 1 saturated carbocycles. The number of nitrogens with one attached hydrogen (secondary N) is 2. The Balaban J connectivity index is 0.00000338. The number of carbonyl (C=O) groups is 1. The van der Waals surface area contributed by atoms with E-state index in [1.807, 2.05) is 0 Å². The summed E-state index contributed by atoms with van der Waals surface area (Å²) in [4.78, 5) is 19.0. The average Bonchev–Trinajstić information content (AvgIpc) is 3.14. The molecule has 2 N–H and O–H groups in total. The van der Waals surface area contributed by atoms with Crippen LogP contribution in [-0.2, 0) is 4.79 Å². The molecule has 10 heteroatoms. The van der Waals surface area contributed by atoms with Crippen LogP contribution in [0.3, 0.4) is 0 Å². The van der Waals surface area contributed by atoms with E-state index in [0.29, 0.717) is 31.5 Å². The van der Waals surface area contributed by atoms with Crippen molar-refractivity contribution < 1.29 is 18.0 Å². The Labute approximate surface area is 170 Å². The van der Waals surface area contributed by atoms with Crippen LogP contribution in [0.4, 0.5) is 13.2 Å². The molecule has 2 aliphatic rings. The number of amides is 1. The molecule has 2 fully saturated rings. The smallest absolute Gasteiger partial charge is 0.354 e. The van der Waals surface area contributed by atoms with Crippen LogP contribution >= 0.6 is 24.0 Å². The van der Waals surface area contributed by atoms with Crippen LogP contribution < -0.4 is 10.6 Å². The van der Waals surface area contributed by atoms with Gasteiger partial charge >= 0.3 is 6.18 Å². The monoisotopic (exact) mass is 491 g/mol. The van der Waals surface area contributed by atoms with Crippen molar-refractivity contribution in [2.75, 3.05) is 40.3 Å². The Kier molecular flexibility index (Phi) is 9.42. The summed E-state index contributed by atoms with van der Waals surface area (Å²) < 4.78 is 37.5. The number of likely N-dealkylation sites (tertiary alicyclic amines) is 1. The summed E-state index contributed by atoms with van der Waals surface area (Å²) in [7, 11) is 3.34. The molecule has 152 valence electrons. The number of nitrogens with zero attached hydrogens (tertiary/aromatic N) is 3. The van der Waals surface area contributed by atoms with Gasteiger partial charge in [-0.25, -0.2) is 4.99 Å². The minimum Gasteiger partial charge on any atom is -0.354 e. The number of likely N-dealkylation sites (N-methyl/N-ethyl adjacent to an activating group) is 1. The molecule has 6 nitrogen and oxygen atoms in total. The van der Waals surface area contributed by atoms with E-state index in [-0.39, 0.29) is 42.5 Å². The topological polar surface area (TPSA) is 60.0 Å². The molecule has 0 spiro atoms. The van der Waals surface area contributed by atoms with Crippen molar-refractivity contribution in [1.29, 1.82) is 0 Å². The summed E-state index contributed by atoms with van der Waals surface area (Å²) in [6.07, 6.45) is 0.865. The van der Waals surface area contributed by atoms with E-state index in [0.717, 1.165) is 25.7 Å². The number of hydrogen-bond acceptors (Lipinski definition) is 3. The number of halogens is 4. The van der Waals surface area contributed by atoms with Gasteiger partial charge in [-0.05, 0) is 19.3 Å². The van der Waals surface area contributed by atoms with E-state index >= 15 is 0 Å². The molecule has 0 aromatic heterocycles. The fourth-order valence-corrected chi connectivity index (χ4v) is 3.23. The highest BCUT2D eigenvalue weighted by Crippen LogP contribution is 2.20. The summed E-state index contributed by atoms with van der Waals surface area (Å²) in [5.74, 6) is 0.415. The predicted molar refractivity (Wildman–Crippen MR) is 106 cm³/mol. The summed E-state index contributed by atoms with van der Waals surface area (Å²) >= 11 is 0. The van der Waals surface area contributed by atoms with Crippen LogP contribution in [0, 0.1) is 0 Å². The maximum atomic E-state index is 12.5. The standard InChI is InChI=1S/C16H28F3N5O.HI/c1-23(2)14(25)9-20-15(21-12-5-3-4-6-12)22-13-7-8-24(10-13)11-16(17,18)19;/h12-13H,3-11H2,1-2H3,(H2,20,21,22);1H. The van der Waals surface area contributed by atoms with E-state index in [1.54, 1.807) is 14.1 Å². The third-order valence-corrected chi connectivity index (χ3v) is 4.58. The van der Waals surface area contributed by atoms with Crippen LogP contribution in [0.15, 0.2) is 4.99 Å². The molecule has 26 heavy (non-hydrogen) atoms. The molecule has 2 rings (SSSR count). The zero-order chi connectivity index (χ0) is 18.4. The quantitative estimate of drug-likeness (QED) is 0.350. The third kappa shape index (κ3) is 8.28. The SMILES string of the molecule is CN(C)C(=O)CN=C(NC1CCCC1)NC1CCN(CC(F)(F)F)C1.I. The first kappa shape index (κ1) is 23.3. The van der Waals surface area contributed by atoms with E-state index in [4.69, 9.17) is 0 Å². The molecule has 0 aromatic rings. The zero-order valence-electron chi connectivity index (χ0n) is 15.3. The van der Waals surface area contributed by atoms with Crippen molar-refractivity contribution in [3.8, 4) is 0 Å². The highest BCUT2D eigenvalue weighted by atomic mass is 127. The van der Waals surface area contributed by atoms with Crippen molar-refractivity contribution in [2.45, 2.75) is 50.4 Å². The maximum Gasteiger partial charge on any atom is 0.401 e. The third-order valence-electron chi connectivity index (χ3n) is 4.58. The number of alkyl halides is 3. The number of carbonyl (C=O) groups excluding carboxylic acids is 1. The van der Waals surface area contributed by atoms with Gasteiger partial charge in [0.05, 0.1) is 6.54 Å². The molecule has 0 radical (unpaired) electrons. The van der Waals surface area contributed by atoms with Gasteiger partial charge in [0.25, 0.3) is 0 Å². The summed E-state index contributed by atoms with van der Waals surface area (Å²) in [6, 6.07) is 0.220. The van der Waals surface area contributed by atoms with Crippen molar-refractivity contribution >= 4 is 35.8 Å². The molecule has 1 atom stereocenters. The molecule has 1 unspecified atom stereocenters. The second kappa shape index (κ2) is 10.5. The predicted octanol–water partition coefficient (Wildman–Crippen LogP) is 1.81. The normalized spacial score (nSPS) is 22.2. The number of rotatable bonds is 5. The summed E-state index contributed by atoms with van der Waals surface area (Å²) in [5.41, 5.74) is 0. The van der Waals surface area contributed by atoms with Gasteiger partial charge in [0.1, 0.15) is 6.54 Å². The average molecular weight is 491 g/mol. The number of aliphatic imine (C=N–C) groups is 1. The Bertz CT molecular complexity index is 481. The number of hydrogen-bond donors (Lipinski definition) is 2. The van der Waals surface area contributed by atoms with Crippen molar-refractivity contribution in [3.63, 3.8) is 0 Å². The second-order valence-corrected chi connectivity index (χ2v) is 7.06. The van der Waals surface area contributed by atoms with Crippen molar-refractivity contribution in [3.05, 3.63) is 0 Å². The highest BCUT2D eigenvalue weighted by Gasteiger charge is 2.34. The molecular formula is C16H29F3IN5O. The van der Waals surface area contributed by atoms with Crippen LogP contribution in [0.2, 0.25) is 0 Å². The molecular weight excluding hydrogens is 462 g/mol. The van der Waals surface area contributed by atoms with E-state index in [2.05, 4.69) is 15.6 Å².